The van der Waals surface area contributed by atoms with E-state index < -0.39 is 0 Å². The predicted molar refractivity (Wildman–Crippen MR) is 88.7 cm³/mol. The van der Waals surface area contributed by atoms with E-state index in [4.69, 9.17) is 4.74 Å². The van der Waals surface area contributed by atoms with Gasteiger partial charge in [0.25, 0.3) is 5.56 Å². The topological polar surface area (TPSA) is 53.2 Å². The molecule has 0 aromatic carbocycles. The Morgan fingerprint density at radius 3 is 2.71 bits per heavy atom. The van der Waals surface area contributed by atoms with Gasteiger partial charge in [-0.2, -0.15) is 0 Å². The number of aromatic nitrogens is 2. The Balaban J connectivity index is 1.84. The van der Waals surface area contributed by atoms with Gasteiger partial charge in [0, 0.05) is 12.7 Å². The molecule has 116 valence electrons. The van der Waals surface area contributed by atoms with E-state index in [0.29, 0.717) is 16.7 Å². The Labute approximate surface area is 137 Å². The number of aryl methyl sites for hydroxylation is 1. The van der Waals surface area contributed by atoms with E-state index in [0.717, 1.165) is 25.7 Å². The summed E-state index contributed by atoms with van der Waals surface area (Å²) in [7, 11) is 0. The van der Waals surface area contributed by atoms with Crippen molar-refractivity contribution in [1.29, 1.82) is 0 Å². The molecule has 5 nitrogen and oxygen atoms in total. The normalized spacial score (nSPS) is 24.0. The van der Waals surface area contributed by atoms with E-state index in [1.807, 2.05) is 29.5 Å². The van der Waals surface area contributed by atoms with Crippen LogP contribution in [0.1, 0.15) is 45.4 Å². The van der Waals surface area contributed by atoms with Gasteiger partial charge in [0.1, 0.15) is 0 Å². The average molecular weight is 404 g/mol. The van der Waals surface area contributed by atoms with E-state index in [-0.39, 0.29) is 23.0 Å². The van der Waals surface area contributed by atoms with Crippen molar-refractivity contribution in [3.8, 4) is 0 Å². The highest BCUT2D eigenvalue weighted by Gasteiger charge is 2.42. The lowest BCUT2D eigenvalue weighted by atomic mass is 9.98. The van der Waals surface area contributed by atoms with E-state index in [1.165, 1.54) is 17.4 Å². The van der Waals surface area contributed by atoms with Crippen LogP contribution in [0.5, 0.6) is 0 Å². The third-order valence-corrected chi connectivity index (χ3v) is 5.52. The van der Waals surface area contributed by atoms with E-state index in [2.05, 4.69) is 0 Å². The Kier molecular flexibility index (Phi) is 4.27. The molecule has 0 bridgehead atoms. The number of rotatable bonds is 3. The lowest BCUT2D eigenvalue weighted by Gasteiger charge is -2.24. The molecular formula is C15H21IN2O3. The molecule has 2 heterocycles. The van der Waals surface area contributed by atoms with Crippen LogP contribution in [0, 0.1) is 3.57 Å². The average Bonchev–Trinajstić information content (AvgIpc) is 3.09. The van der Waals surface area contributed by atoms with Gasteiger partial charge < -0.3 is 4.74 Å². The van der Waals surface area contributed by atoms with Gasteiger partial charge in [-0.3, -0.25) is 13.9 Å². The first kappa shape index (κ1) is 15.3. The fourth-order valence-electron chi connectivity index (χ4n) is 3.62. The number of hydrogen-bond acceptors (Lipinski definition) is 3. The minimum Gasteiger partial charge on any atom is -0.370 e. The lowest BCUT2D eigenvalue weighted by molar-refractivity contribution is -0.0426. The molecule has 2 aliphatic rings. The zero-order valence-electron chi connectivity index (χ0n) is 12.3. The van der Waals surface area contributed by atoms with Crippen molar-refractivity contribution in [3.05, 3.63) is 30.6 Å². The first-order valence-electron chi connectivity index (χ1n) is 7.72. The van der Waals surface area contributed by atoms with E-state index in [1.54, 1.807) is 10.8 Å². The molecule has 21 heavy (non-hydrogen) atoms. The quantitative estimate of drug-likeness (QED) is 0.726. The largest absolute Gasteiger partial charge is 0.370 e. The molecule has 2 fully saturated rings. The van der Waals surface area contributed by atoms with Crippen LogP contribution in [0.15, 0.2) is 15.8 Å². The fourth-order valence-corrected chi connectivity index (χ4v) is 4.25. The molecule has 3 rings (SSSR count). The van der Waals surface area contributed by atoms with Crippen LogP contribution in [0.3, 0.4) is 0 Å². The van der Waals surface area contributed by atoms with E-state index in [9.17, 15) is 9.59 Å². The first-order valence-corrected chi connectivity index (χ1v) is 8.80. The van der Waals surface area contributed by atoms with Crippen molar-refractivity contribution >= 4 is 22.6 Å². The fraction of sp³-hybridized carbons (Fsp3) is 0.733. The summed E-state index contributed by atoms with van der Waals surface area (Å²) in [5.74, 6) is 0. The van der Waals surface area contributed by atoms with Gasteiger partial charge in [-0.25, -0.2) is 4.79 Å². The molecule has 1 spiro atoms. The highest BCUT2D eigenvalue weighted by Crippen LogP contribution is 2.43. The lowest BCUT2D eigenvalue weighted by Crippen LogP contribution is -2.43. The molecule has 1 saturated heterocycles. The van der Waals surface area contributed by atoms with Gasteiger partial charge >= 0.3 is 5.69 Å². The Morgan fingerprint density at radius 2 is 2.05 bits per heavy atom. The molecule has 1 unspecified atom stereocenters. The van der Waals surface area contributed by atoms with Crippen LogP contribution in [0.25, 0.3) is 0 Å². The summed E-state index contributed by atoms with van der Waals surface area (Å²) < 4.78 is 9.75. The van der Waals surface area contributed by atoms with Crippen LogP contribution >= 0.6 is 22.6 Å². The smallest absolute Gasteiger partial charge is 0.331 e. The van der Waals surface area contributed by atoms with Gasteiger partial charge in [0.2, 0.25) is 0 Å². The molecule has 1 saturated carbocycles. The Morgan fingerprint density at radius 1 is 1.33 bits per heavy atom. The van der Waals surface area contributed by atoms with Crippen LogP contribution < -0.4 is 11.2 Å². The van der Waals surface area contributed by atoms with Gasteiger partial charge in [0.05, 0.1) is 21.8 Å². The summed E-state index contributed by atoms with van der Waals surface area (Å²) in [5, 5.41) is 0. The maximum atomic E-state index is 12.3. The van der Waals surface area contributed by atoms with Crippen LogP contribution in [0.4, 0.5) is 0 Å². The van der Waals surface area contributed by atoms with Crippen LogP contribution in [-0.2, 0) is 17.8 Å². The molecule has 0 radical (unpaired) electrons. The highest BCUT2D eigenvalue weighted by molar-refractivity contribution is 14.1. The van der Waals surface area contributed by atoms with Crippen molar-refractivity contribution in [2.45, 2.75) is 70.2 Å². The van der Waals surface area contributed by atoms with Gasteiger partial charge in [-0.05, 0) is 55.2 Å². The molecule has 1 aliphatic carbocycles. The molecule has 0 N–H and O–H groups in total. The first-order chi connectivity index (χ1) is 10.0. The Bertz CT molecular complexity index is 643. The van der Waals surface area contributed by atoms with E-state index >= 15 is 0 Å². The summed E-state index contributed by atoms with van der Waals surface area (Å²) in [6, 6.07) is 0. The SMILES string of the molecule is CCn1cc(I)c(=O)n(CC2CCC3(CCCC3)O2)c1=O. The predicted octanol–water partition coefficient (Wildman–Crippen LogP) is 2.13. The highest BCUT2D eigenvalue weighted by atomic mass is 127. The third kappa shape index (κ3) is 2.84. The van der Waals surface area contributed by atoms with Gasteiger partial charge in [-0.15, -0.1) is 0 Å². The Hall–Kier alpha value is -0.630. The van der Waals surface area contributed by atoms with Crippen molar-refractivity contribution < 1.29 is 4.74 Å². The third-order valence-electron chi connectivity index (χ3n) is 4.78. The number of hydrogen-bond donors (Lipinski definition) is 0. The van der Waals surface area contributed by atoms with Crippen molar-refractivity contribution in [2.75, 3.05) is 0 Å². The number of halogens is 1. The minimum absolute atomic E-state index is 0.00277. The number of nitrogens with zero attached hydrogens (tertiary/aromatic N) is 2. The van der Waals surface area contributed by atoms with Gasteiger partial charge in [0.15, 0.2) is 0 Å². The standard InChI is InChI=1S/C15H21IN2O3/c1-2-17-10-12(16)13(19)18(14(17)20)9-11-5-8-15(21-11)6-3-4-7-15/h10-11H,2-9H2,1H3. The van der Waals surface area contributed by atoms with Crippen LogP contribution in [-0.4, -0.2) is 20.8 Å². The molecule has 0 amide bonds. The van der Waals surface area contributed by atoms with Crippen molar-refractivity contribution in [1.82, 2.24) is 9.13 Å². The monoisotopic (exact) mass is 404 g/mol. The molecular weight excluding hydrogens is 383 g/mol. The van der Waals surface area contributed by atoms with Gasteiger partial charge in [-0.1, -0.05) is 12.8 Å². The second kappa shape index (κ2) is 5.87. The van der Waals surface area contributed by atoms with Crippen molar-refractivity contribution in [3.63, 3.8) is 0 Å². The zero-order valence-corrected chi connectivity index (χ0v) is 14.5. The molecule has 1 atom stereocenters. The zero-order chi connectivity index (χ0) is 15.0. The second-order valence-electron chi connectivity index (χ2n) is 6.13. The summed E-state index contributed by atoms with van der Waals surface area (Å²) in [4.78, 5) is 24.6. The molecule has 6 heteroatoms. The van der Waals surface area contributed by atoms with Crippen LogP contribution in [0.2, 0.25) is 0 Å². The second-order valence-corrected chi connectivity index (χ2v) is 7.29. The summed E-state index contributed by atoms with van der Waals surface area (Å²) >= 11 is 2.00. The number of ether oxygens (including phenoxy) is 1. The molecule has 1 aliphatic heterocycles. The van der Waals surface area contributed by atoms with Crippen molar-refractivity contribution in [2.24, 2.45) is 0 Å². The molecule has 1 aromatic heterocycles. The maximum Gasteiger partial charge on any atom is 0.331 e. The molecule has 1 aromatic rings. The summed E-state index contributed by atoms with van der Waals surface area (Å²) in [5.41, 5.74) is -0.375. The maximum absolute atomic E-state index is 12.3. The summed E-state index contributed by atoms with van der Waals surface area (Å²) in [6.45, 7) is 2.87. The summed E-state index contributed by atoms with van der Waals surface area (Å²) in [6.07, 6.45) is 8.37. The minimum atomic E-state index is -0.223.